The quantitative estimate of drug-likeness (QED) is 0.682. The number of nitrogens with zero attached hydrogens (tertiary/aromatic N) is 2. The molecule has 2 aromatic carbocycles. The van der Waals surface area contributed by atoms with Crippen LogP contribution in [0.25, 0.3) is 11.0 Å². The van der Waals surface area contributed by atoms with Gasteiger partial charge in [0.1, 0.15) is 0 Å². The highest BCUT2D eigenvalue weighted by molar-refractivity contribution is 5.76. The molecule has 0 bridgehead atoms. The second kappa shape index (κ2) is 6.81. The molecule has 1 N–H and O–H groups in total. The summed E-state index contributed by atoms with van der Waals surface area (Å²) in [6, 6.07) is 16.5. The maximum absolute atomic E-state index is 11.9. The lowest BCUT2D eigenvalue weighted by Crippen LogP contribution is -3.00. The van der Waals surface area contributed by atoms with Gasteiger partial charge in [-0.05, 0) is 23.3 Å². The van der Waals surface area contributed by atoms with Crippen molar-refractivity contribution in [2.24, 2.45) is 14.1 Å². The van der Waals surface area contributed by atoms with Gasteiger partial charge in [-0.15, -0.1) is 0 Å². The molecule has 0 saturated carbocycles. The molecule has 0 aliphatic heterocycles. The summed E-state index contributed by atoms with van der Waals surface area (Å²) in [5.41, 5.74) is 4.40. The largest absolute Gasteiger partial charge is 1.00 e. The second-order valence-corrected chi connectivity index (χ2v) is 5.31. The first-order chi connectivity index (χ1) is 10.2. The smallest absolute Gasteiger partial charge is 0.328 e. The van der Waals surface area contributed by atoms with E-state index in [9.17, 15) is 4.79 Å². The third-order valence-corrected chi connectivity index (χ3v) is 3.84. The molecule has 3 rings (SSSR count). The van der Waals surface area contributed by atoms with Crippen LogP contribution in [0.15, 0.2) is 53.3 Å². The van der Waals surface area contributed by atoms with Crippen molar-refractivity contribution in [2.75, 3.05) is 0 Å². The molecule has 116 valence electrons. The van der Waals surface area contributed by atoms with Gasteiger partial charge < -0.3 is 17.7 Å². The summed E-state index contributed by atoms with van der Waals surface area (Å²) < 4.78 is 3.37. The molecule has 4 nitrogen and oxygen atoms in total. The molecule has 1 aromatic heterocycles. The maximum Gasteiger partial charge on any atom is 0.328 e. The number of imidazole rings is 1. The normalized spacial score (nSPS) is 10.6. The Morgan fingerprint density at radius 3 is 2.23 bits per heavy atom. The highest BCUT2D eigenvalue weighted by atomic mass is 35.5. The first kappa shape index (κ1) is 16.3. The molecular weight excluding hydrogens is 298 g/mol. The van der Waals surface area contributed by atoms with Crippen LogP contribution in [-0.4, -0.2) is 9.13 Å². The lowest BCUT2D eigenvalue weighted by molar-refractivity contribution is -0.00000442. The zero-order chi connectivity index (χ0) is 14.8. The fraction of sp³-hybridized carbons (Fsp3) is 0.235. The molecule has 5 heteroatoms. The van der Waals surface area contributed by atoms with Crippen LogP contribution in [0, 0.1) is 0 Å². The summed E-state index contributed by atoms with van der Waals surface area (Å²) in [6.07, 6.45) is 0. The van der Waals surface area contributed by atoms with Crippen molar-refractivity contribution in [1.29, 1.82) is 0 Å². The minimum absolute atomic E-state index is 0. The highest BCUT2D eigenvalue weighted by Gasteiger charge is 2.07. The molecule has 0 aliphatic rings. The van der Waals surface area contributed by atoms with Crippen LogP contribution in [-0.2, 0) is 27.2 Å². The zero-order valence-electron chi connectivity index (χ0n) is 12.7. The van der Waals surface area contributed by atoms with E-state index in [1.54, 1.807) is 16.2 Å². The number of rotatable bonds is 4. The molecule has 0 fully saturated rings. The lowest BCUT2D eigenvalue weighted by Gasteiger charge is -2.06. The number of halogens is 1. The molecule has 3 aromatic rings. The Balaban J connectivity index is 0.00000176. The lowest BCUT2D eigenvalue weighted by atomic mass is 10.2. The van der Waals surface area contributed by atoms with E-state index in [0.29, 0.717) is 0 Å². The van der Waals surface area contributed by atoms with E-state index in [2.05, 4.69) is 29.6 Å². The Morgan fingerprint density at radius 1 is 0.864 bits per heavy atom. The summed E-state index contributed by atoms with van der Waals surface area (Å²) in [6.45, 7) is 1.63. The Labute approximate surface area is 135 Å². The molecule has 0 spiro atoms. The van der Waals surface area contributed by atoms with Crippen molar-refractivity contribution < 1.29 is 12.4 Å². The molecule has 1 heterocycles. The minimum Gasteiger partial charge on any atom is -1.00 e. The average molecular weight is 317 g/mol. The van der Waals surface area contributed by atoms with Crippen LogP contribution in [0.3, 0.4) is 0 Å². The van der Waals surface area contributed by atoms with Gasteiger partial charge in [-0.2, -0.15) is 0 Å². The van der Waals surface area contributed by atoms with Crippen LogP contribution in [0.4, 0.5) is 0 Å². The number of fused-ring (bicyclic) bond motifs is 1. The van der Waals surface area contributed by atoms with E-state index >= 15 is 0 Å². The summed E-state index contributed by atoms with van der Waals surface area (Å²) in [5.74, 6) is 0. The molecule has 0 atom stereocenters. The molecule has 22 heavy (non-hydrogen) atoms. The van der Waals surface area contributed by atoms with Crippen LogP contribution < -0.4 is 23.4 Å². The van der Waals surface area contributed by atoms with Crippen LogP contribution >= 0.6 is 0 Å². The maximum atomic E-state index is 11.9. The Bertz CT molecular complexity index is 821. The number of aromatic nitrogens is 2. The van der Waals surface area contributed by atoms with Gasteiger partial charge in [0.25, 0.3) is 0 Å². The van der Waals surface area contributed by atoms with Crippen molar-refractivity contribution in [1.82, 2.24) is 14.5 Å². The summed E-state index contributed by atoms with van der Waals surface area (Å²) >= 11 is 0. The molecule has 0 radical (unpaired) electrons. The van der Waals surface area contributed by atoms with Crippen molar-refractivity contribution >= 4 is 11.0 Å². The van der Waals surface area contributed by atoms with E-state index < -0.39 is 0 Å². The first-order valence-electron chi connectivity index (χ1n) is 7.06. The summed E-state index contributed by atoms with van der Waals surface area (Å²) in [4.78, 5) is 11.9. The van der Waals surface area contributed by atoms with Gasteiger partial charge in [0.15, 0.2) is 0 Å². The monoisotopic (exact) mass is 316 g/mol. The van der Waals surface area contributed by atoms with E-state index in [1.807, 2.05) is 31.3 Å². The Kier molecular flexibility index (Phi) is 5.06. The van der Waals surface area contributed by atoms with Gasteiger partial charge in [0.2, 0.25) is 0 Å². The first-order valence-corrected chi connectivity index (χ1v) is 7.06. The van der Waals surface area contributed by atoms with Gasteiger partial charge in [-0.3, -0.25) is 9.13 Å². The van der Waals surface area contributed by atoms with Crippen LogP contribution in [0.1, 0.15) is 11.1 Å². The van der Waals surface area contributed by atoms with Crippen LogP contribution in [0.5, 0.6) is 0 Å². The third-order valence-electron chi connectivity index (χ3n) is 3.84. The van der Waals surface area contributed by atoms with Gasteiger partial charge >= 0.3 is 5.69 Å². The number of aryl methyl sites for hydroxylation is 2. The van der Waals surface area contributed by atoms with Gasteiger partial charge in [-0.25, -0.2) is 4.79 Å². The fourth-order valence-corrected chi connectivity index (χ4v) is 2.61. The molecule has 0 saturated heterocycles. The Hall–Kier alpha value is -2.04. The number of hydrogen-bond donors (Lipinski definition) is 1. The van der Waals surface area contributed by atoms with E-state index in [0.717, 1.165) is 24.1 Å². The van der Waals surface area contributed by atoms with E-state index in [4.69, 9.17) is 0 Å². The topological polar surface area (TPSA) is 39.0 Å². The van der Waals surface area contributed by atoms with Crippen molar-refractivity contribution in [3.05, 3.63) is 70.1 Å². The van der Waals surface area contributed by atoms with Gasteiger partial charge in [-0.1, -0.05) is 36.4 Å². The predicted octanol–water partition coefficient (Wildman–Crippen LogP) is -0.829. The van der Waals surface area contributed by atoms with Crippen molar-refractivity contribution in [3.63, 3.8) is 0 Å². The average Bonchev–Trinajstić information content (AvgIpc) is 2.73. The fourth-order valence-electron chi connectivity index (χ4n) is 2.61. The standard InChI is InChI=1S/C17H19N3O.ClH/c1-19-15-9-8-14(10-16(15)20(2)17(19)21)12-18-11-13-6-4-3-5-7-13;/h3-10,18H,11-12H2,1-2H3;1H/p-1. The van der Waals surface area contributed by atoms with Crippen LogP contribution in [0.2, 0.25) is 0 Å². The number of hydrogen-bond acceptors (Lipinski definition) is 2. The molecular formula is C17H19ClN3O-. The number of nitrogens with one attached hydrogen (secondary N) is 1. The third kappa shape index (κ3) is 3.08. The zero-order valence-corrected chi connectivity index (χ0v) is 13.5. The SMILES string of the molecule is Cn1c(=O)n(C)c2cc(CNCc3ccccc3)ccc21.[Cl-]. The molecule has 0 unspecified atom stereocenters. The van der Waals surface area contributed by atoms with Gasteiger partial charge in [0, 0.05) is 27.2 Å². The molecule has 0 aliphatic carbocycles. The summed E-state index contributed by atoms with van der Waals surface area (Å²) in [5, 5.41) is 3.43. The second-order valence-electron chi connectivity index (χ2n) is 5.31. The predicted molar refractivity (Wildman–Crippen MR) is 85.1 cm³/mol. The number of benzene rings is 2. The van der Waals surface area contributed by atoms with Crippen molar-refractivity contribution in [3.8, 4) is 0 Å². The van der Waals surface area contributed by atoms with Gasteiger partial charge in [0.05, 0.1) is 11.0 Å². The minimum atomic E-state index is 0. The van der Waals surface area contributed by atoms with E-state index in [-0.39, 0.29) is 18.1 Å². The Morgan fingerprint density at radius 2 is 1.50 bits per heavy atom. The van der Waals surface area contributed by atoms with Crippen molar-refractivity contribution in [2.45, 2.75) is 13.1 Å². The highest BCUT2D eigenvalue weighted by Crippen LogP contribution is 2.14. The summed E-state index contributed by atoms with van der Waals surface area (Å²) in [7, 11) is 3.61. The van der Waals surface area contributed by atoms with E-state index in [1.165, 1.54) is 11.1 Å². The molecule has 0 amide bonds.